The number of nitrogens with zero attached hydrogens (tertiary/aromatic N) is 2. The van der Waals surface area contributed by atoms with E-state index in [1.165, 1.54) is 25.5 Å². The van der Waals surface area contributed by atoms with Crippen LogP contribution in [0.3, 0.4) is 0 Å². The number of carbonyl (C=O) groups is 4. The highest BCUT2D eigenvalue weighted by Gasteiger charge is 2.41. The van der Waals surface area contributed by atoms with Gasteiger partial charge in [0, 0.05) is 31.5 Å². The van der Waals surface area contributed by atoms with Gasteiger partial charge in [-0.2, -0.15) is 0 Å². The van der Waals surface area contributed by atoms with Crippen LogP contribution in [0.1, 0.15) is 61.3 Å². The first-order valence-electron chi connectivity index (χ1n) is 11.0. The van der Waals surface area contributed by atoms with Crippen molar-refractivity contribution in [3.05, 3.63) is 29.6 Å². The molecule has 0 spiro atoms. The van der Waals surface area contributed by atoms with Gasteiger partial charge in [-0.25, -0.2) is 0 Å². The van der Waals surface area contributed by atoms with Gasteiger partial charge in [0.2, 0.25) is 19.2 Å². The van der Waals surface area contributed by atoms with E-state index in [9.17, 15) is 28.6 Å². The van der Waals surface area contributed by atoms with E-state index in [0.717, 1.165) is 4.90 Å². The van der Waals surface area contributed by atoms with Gasteiger partial charge in [0.25, 0.3) is 11.8 Å². The largest absolute Gasteiger partial charge is 0.357 e. The quantitative estimate of drug-likeness (QED) is 0.278. The zero-order valence-corrected chi connectivity index (χ0v) is 22.7. The second-order valence-electron chi connectivity index (χ2n) is 9.26. The van der Waals surface area contributed by atoms with Crippen LogP contribution < -0.4 is 10.6 Å². The maximum atomic E-state index is 13.1. The Balaban J connectivity index is 0.00000578. The number of hydrogen-bond donors (Lipinski definition) is 3. The standard InChI is InChI=1S/C22H33N4O6P.BrH/c1-13(2)8-15(19(27)25-18(9-14(3)4)20(28)23-5)11-33(31,32)12-26-21(29)16-6-7-24-10-17(16)22(26)30;/h6-7,10,13-15,18H,8-9,11-12H2,1-5H3,(H,23,28)(H,25,27)(H,31,32);1H/t15?,18-;/m0./s1. The van der Waals surface area contributed by atoms with E-state index in [4.69, 9.17) is 0 Å². The van der Waals surface area contributed by atoms with E-state index in [2.05, 4.69) is 15.6 Å². The Labute approximate surface area is 210 Å². The third kappa shape index (κ3) is 7.71. The van der Waals surface area contributed by atoms with Crippen LogP contribution >= 0.6 is 24.4 Å². The Morgan fingerprint density at radius 1 is 1.06 bits per heavy atom. The number of fused-ring (bicyclic) bond motifs is 1. The van der Waals surface area contributed by atoms with E-state index < -0.39 is 49.5 Å². The summed E-state index contributed by atoms with van der Waals surface area (Å²) in [5, 5.41) is 5.24. The lowest BCUT2D eigenvalue weighted by Crippen LogP contribution is -2.49. The van der Waals surface area contributed by atoms with Crippen LogP contribution in [0.5, 0.6) is 0 Å². The predicted molar refractivity (Wildman–Crippen MR) is 133 cm³/mol. The van der Waals surface area contributed by atoms with Gasteiger partial charge in [-0.15, -0.1) is 17.0 Å². The molecule has 2 heterocycles. The fourth-order valence-electron chi connectivity index (χ4n) is 3.89. The number of carbonyl (C=O) groups excluding carboxylic acids is 4. The number of halogens is 1. The first-order valence-corrected chi connectivity index (χ1v) is 13.0. The van der Waals surface area contributed by atoms with Gasteiger partial charge in [0.15, 0.2) is 0 Å². The number of likely N-dealkylation sites (N-methyl/N-ethyl adjacent to an activating group) is 1. The molecule has 1 aromatic rings. The van der Waals surface area contributed by atoms with Crippen LogP contribution in [-0.2, 0) is 14.2 Å². The van der Waals surface area contributed by atoms with Crippen LogP contribution in [0.25, 0.3) is 0 Å². The van der Waals surface area contributed by atoms with Crippen LogP contribution in [0.2, 0.25) is 0 Å². The summed E-state index contributed by atoms with van der Waals surface area (Å²) < 4.78 is 13.1. The molecule has 10 nitrogen and oxygen atoms in total. The number of amides is 4. The molecule has 34 heavy (non-hydrogen) atoms. The lowest BCUT2D eigenvalue weighted by Gasteiger charge is -2.26. The molecule has 0 saturated heterocycles. The zero-order valence-electron chi connectivity index (χ0n) is 20.1. The third-order valence-corrected chi connectivity index (χ3v) is 7.09. The highest BCUT2D eigenvalue weighted by molar-refractivity contribution is 8.93. The summed E-state index contributed by atoms with van der Waals surface area (Å²) in [6.07, 6.45) is 2.25. The molecule has 4 amide bonds. The van der Waals surface area contributed by atoms with Crippen molar-refractivity contribution < 1.29 is 28.6 Å². The van der Waals surface area contributed by atoms with E-state index in [0.29, 0.717) is 12.8 Å². The number of rotatable bonds is 11. The molecule has 0 aliphatic carbocycles. The molecule has 2 rings (SSSR count). The van der Waals surface area contributed by atoms with Gasteiger partial charge >= 0.3 is 0 Å². The van der Waals surface area contributed by atoms with Crippen molar-refractivity contribution in [2.45, 2.75) is 46.6 Å². The minimum absolute atomic E-state index is 0. The Bertz CT molecular complexity index is 935. The molecule has 1 aromatic heterocycles. The number of nitrogens with one attached hydrogen (secondary N) is 2. The van der Waals surface area contributed by atoms with Crippen LogP contribution in [0.4, 0.5) is 0 Å². The van der Waals surface area contributed by atoms with E-state index in [1.807, 2.05) is 27.7 Å². The van der Waals surface area contributed by atoms with Gasteiger partial charge in [0.1, 0.15) is 12.3 Å². The second kappa shape index (κ2) is 12.6. The van der Waals surface area contributed by atoms with Crippen molar-refractivity contribution in [1.29, 1.82) is 0 Å². The van der Waals surface area contributed by atoms with E-state index in [1.54, 1.807) is 0 Å². The van der Waals surface area contributed by atoms with Crippen molar-refractivity contribution in [1.82, 2.24) is 20.5 Å². The third-order valence-electron chi connectivity index (χ3n) is 5.35. The first-order chi connectivity index (χ1) is 15.4. The topological polar surface area (TPSA) is 146 Å². The summed E-state index contributed by atoms with van der Waals surface area (Å²) in [6.45, 7) is 7.61. The van der Waals surface area contributed by atoms with Gasteiger partial charge in [-0.05, 0) is 30.7 Å². The molecule has 0 saturated carbocycles. The fourth-order valence-corrected chi connectivity index (χ4v) is 5.70. The van der Waals surface area contributed by atoms with Crippen molar-refractivity contribution in [3.8, 4) is 0 Å². The highest BCUT2D eigenvalue weighted by atomic mass is 79.9. The summed E-state index contributed by atoms with van der Waals surface area (Å²) in [4.78, 5) is 65.6. The van der Waals surface area contributed by atoms with Crippen LogP contribution in [0.15, 0.2) is 18.5 Å². The Kier molecular flexibility index (Phi) is 11.1. The summed E-state index contributed by atoms with van der Waals surface area (Å²) in [5.41, 5.74) is 0.217. The molecule has 0 fully saturated rings. The number of imide groups is 1. The molecule has 2 unspecified atom stereocenters. The molecule has 0 aromatic carbocycles. The molecule has 3 N–H and O–H groups in total. The lowest BCUT2D eigenvalue weighted by atomic mass is 9.96. The molecule has 1 aliphatic heterocycles. The average molecular weight is 561 g/mol. The minimum Gasteiger partial charge on any atom is -0.357 e. The minimum atomic E-state index is -4.11. The number of aromatic nitrogens is 1. The number of pyridine rings is 1. The van der Waals surface area contributed by atoms with Gasteiger partial charge in [0.05, 0.1) is 11.1 Å². The fraction of sp³-hybridized carbons (Fsp3) is 0.591. The zero-order chi connectivity index (χ0) is 24.9. The van der Waals surface area contributed by atoms with Crippen LogP contribution in [0, 0.1) is 17.8 Å². The van der Waals surface area contributed by atoms with Gasteiger partial charge in [-0.3, -0.25) is 33.6 Å². The summed E-state index contributed by atoms with van der Waals surface area (Å²) in [6, 6.07) is 0.625. The normalized spacial score (nSPS) is 16.5. The SMILES string of the molecule is Br.CNC(=O)[C@H](CC(C)C)NC(=O)C(CC(C)C)CP(=O)(O)CN1C(=O)c2ccncc2C1=O. The van der Waals surface area contributed by atoms with Gasteiger partial charge < -0.3 is 15.5 Å². The highest BCUT2D eigenvalue weighted by Crippen LogP contribution is 2.45. The summed E-state index contributed by atoms with van der Waals surface area (Å²) in [7, 11) is -2.63. The predicted octanol–water partition coefficient (Wildman–Crippen LogP) is 2.42. The lowest BCUT2D eigenvalue weighted by molar-refractivity contribution is -0.131. The van der Waals surface area contributed by atoms with Crippen LogP contribution in [-0.4, -0.2) is 63.9 Å². The maximum Gasteiger partial charge on any atom is 0.263 e. The summed E-state index contributed by atoms with van der Waals surface area (Å²) >= 11 is 0. The molecule has 190 valence electrons. The summed E-state index contributed by atoms with van der Waals surface area (Å²) in [5.74, 6) is -2.87. The molecule has 0 bridgehead atoms. The average Bonchev–Trinajstić information content (AvgIpc) is 2.96. The molecular weight excluding hydrogens is 527 g/mol. The first kappa shape index (κ1) is 29.9. The molecule has 1 aliphatic rings. The Morgan fingerprint density at radius 3 is 2.18 bits per heavy atom. The second-order valence-corrected chi connectivity index (χ2v) is 11.6. The molecule has 12 heteroatoms. The number of hydrogen-bond acceptors (Lipinski definition) is 6. The molecule has 3 atom stereocenters. The maximum absolute atomic E-state index is 13.1. The van der Waals surface area contributed by atoms with Crippen molar-refractivity contribution in [2.75, 3.05) is 19.5 Å². The Morgan fingerprint density at radius 2 is 1.65 bits per heavy atom. The molecular formula is C22H34BrN4O6P. The van der Waals surface area contributed by atoms with Crippen molar-refractivity contribution in [2.24, 2.45) is 17.8 Å². The molecule has 0 radical (unpaired) electrons. The Hall–Kier alpha value is -2.10. The van der Waals surface area contributed by atoms with Crippen molar-refractivity contribution in [3.63, 3.8) is 0 Å². The van der Waals surface area contributed by atoms with Crippen molar-refractivity contribution >= 4 is 48.0 Å². The van der Waals surface area contributed by atoms with Gasteiger partial charge in [-0.1, -0.05) is 27.7 Å². The monoisotopic (exact) mass is 560 g/mol. The smallest absolute Gasteiger partial charge is 0.263 e. The van der Waals surface area contributed by atoms with E-state index >= 15 is 0 Å². The van der Waals surface area contributed by atoms with E-state index in [-0.39, 0.29) is 45.9 Å².